The number of rotatable bonds is 9. The minimum Gasteiger partial charge on any atom is -0.481 e. The number of carboxylic acid groups (broad SMARTS) is 1. The third kappa shape index (κ3) is 7.36. The molecule has 0 bridgehead atoms. The van der Waals surface area contributed by atoms with E-state index in [0.717, 1.165) is 5.56 Å². The van der Waals surface area contributed by atoms with Crippen LogP contribution >= 0.6 is 11.8 Å². The van der Waals surface area contributed by atoms with Gasteiger partial charge >= 0.3 is 5.97 Å². The van der Waals surface area contributed by atoms with Gasteiger partial charge in [-0.2, -0.15) is 11.8 Å². The monoisotopic (exact) mass is 310 g/mol. The zero-order valence-electron chi connectivity index (χ0n) is 11.5. The second-order valence-electron chi connectivity index (χ2n) is 4.40. The summed E-state index contributed by atoms with van der Waals surface area (Å²) in [6.07, 6.45) is 0.0328. The number of nitrogens with one attached hydrogen (secondary N) is 1. The second kappa shape index (κ2) is 9.02. The molecule has 0 radical (unpaired) electrons. The molecule has 114 valence electrons. The highest BCUT2D eigenvalue weighted by Crippen LogP contribution is 2.16. The van der Waals surface area contributed by atoms with Gasteiger partial charge < -0.3 is 16.2 Å². The average molecular weight is 310 g/mol. The van der Waals surface area contributed by atoms with Crippen LogP contribution in [0.4, 0.5) is 0 Å². The summed E-state index contributed by atoms with van der Waals surface area (Å²) in [5.74, 6) is -1.02. The summed E-state index contributed by atoms with van der Waals surface area (Å²) in [7, 11) is 0. The van der Waals surface area contributed by atoms with Crippen molar-refractivity contribution in [2.24, 2.45) is 5.73 Å². The van der Waals surface area contributed by atoms with Crippen LogP contribution in [0.3, 0.4) is 0 Å². The van der Waals surface area contributed by atoms with Gasteiger partial charge in [0.05, 0.1) is 18.2 Å². The minimum atomic E-state index is -0.979. The van der Waals surface area contributed by atoms with Crippen molar-refractivity contribution in [3.05, 3.63) is 35.9 Å². The number of primary amides is 1. The molecule has 0 heterocycles. The van der Waals surface area contributed by atoms with E-state index < -0.39 is 17.9 Å². The Morgan fingerprint density at radius 2 is 1.90 bits per heavy atom. The molecule has 1 aromatic rings. The summed E-state index contributed by atoms with van der Waals surface area (Å²) in [6, 6.07) is 8.39. The lowest BCUT2D eigenvalue weighted by Gasteiger charge is -2.17. The topological polar surface area (TPSA) is 109 Å². The van der Waals surface area contributed by atoms with Crippen LogP contribution in [-0.2, 0) is 14.4 Å². The van der Waals surface area contributed by atoms with Crippen molar-refractivity contribution >= 4 is 29.5 Å². The first-order valence-corrected chi connectivity index (χ1v) is 7.56. The van der Waals surface area contributed by atoms with Crippen molar-refractivity contribution < 1.29 is 19.5 Å². The molecule has 0 fully saturated rings. The van der Waals surface area contributed by atoms with E-state index >= 15 is 0 Å². The van der Waals surface area contributed by atoms with E-state index in [0.29, 0.717) is 5.75 Å². The van der Waals surface area contributed by atoms with Crippen LogP contribution in [0.2, 0.25) is 0 Å². The van der Waals surface area contributed by atoms with Gasteiger partial charge in [-0.1, -0.05) is 30.3 Å². The Morgan fingerprint density at radius 1 is 1.24 bits per heavy atom. The van der Waals surface area contributed by atoms with Crippen molar-refractivity contribution in [1.82, 2.24) is 5.32 Å². The second-order valence-corrected chi connectivity index (χ2v) is 5.50. The number of amides is 2. The normalized spacial score (nSPS) is 11.6. The van der Waals surface area contributed by atoms with Gasteiger partial charge in [0.25, 0.3) is 0 Å². The summed E-state index contributed by atoms with van der Waals surface area (Å²) < 4.78 is 0. The number of carbonyl (C=O) groups is 3. The fraction of sp³-hybridized carbons (Fsp3) is 0.357. The molecule has 0 spiro atoms. The Kier molecular flexibility index (Phi) is 7.31. The summed E-state index contributed by atoms with van der Waals surface area (Å²) in [5, 5.41) is 11.6. The smallest absolute Gasteiger partial charge is 0.305 e. The Balaban J connectivity index is 2.51. The molecule has 0 aliphatic carbocycles. The van der Waals surface area contributed by atoms with E-state index in [4.69, 9.17) is 10.8 Å². The first-order valence-electron chi connectivity index (χ1n) is 6.41. The maximum Gasteiger partial charge on any atom is 0.305 e. The van der Waals surface area contributed by atoms with Gasteiger partial charge in [0.1, 0.15) is 0 Å². The van der Waals surface area contributed by atoms with Gasteiger partial charge in [0, 0.05) is 12.2 Å². The Morgan fingerprint density at radius 3 is 2.48 bits per heavy atom. The lowest BCUT2D eigenvalue weighted by molar-refractivity contribution is -0.137. The van der Waals surface area contributed by atoms with Gasteiger partial charge in [-0.25, -0.2) is 0 Å². The molecule has 1 rings (SSSR count). The van der Waals surface area contributed by atoms with Gasteiger partial charge in [-0.15, -0.1) is 0 Å². The molecule has 4 N–H and O–H groups in total. The van der Waals surface area contributed by atoms with Crippen LogP contribution in [-0.4, -0.2) is 34.4 Å². The van der Waals surface area contributed by atoms with E-state index in [9.17, 15) is 14.4 Å². The molecule has 0 aromatic heterocycles. The van der Waals surface area contributed by atoms with Gasteiger partial charge in [0.15, 0.2) is 0 Å². The predicted octanol–water partition coefficient (Wildman–Crippen LogP) is 0.927. The van der Waals surface area contributed by atoms with Crippen LogP contribution in [0.5, 0.6) is 0 Å². The molecule has 1 aromatic carbocycles. The minimum absolute atomic E-state index is 0.171. The standard InChI is InChI=1S/C14H18N2O4S/c15-12(17)9-21-7-6-13(18)16-11(8-14(19)20)10-4-2-1-3-5-10/h1-5,11H,6-9H2,(H2,15,17)(H,16,18)(H,19,20). The number of carboxylic acids is 1. The van der Waals surface area contributed by atoms with Crippen molar-refractivity contribution in [2.45, 2.75) is 18.9 Å². The third-order valence-corrected chi connectivity index (χ3v) is 3.62. The van der Waals surface area contributed by atoms with E-state index in [1.807, 2.05) is 6.07 Å². The number of nitrogens with two attached hydrogens (primary N) is 1. The maximum atomic E-state index is 11.8. The molecule has 0 saturated carbocycles. The molecule has 2 amide bonds. The molecular weight excluding hydrogens is 292 g/mol. The molecule has 21 heavy (non-hydrogen) atoms. The maximum absolute atomic E-state index is 11.8. The largest absolute Gasteiger partial charge is 0.481 e. The van der Waals surface area contributed by atoms with Crippen molar-refractivity contribution in [3.63, 3.8) is 0 Å². The zero-order chi connectivity index (χ0) is 15.7. The molecule has 1 unspecified atom stereocenters. The summed E-state index contributed by atoms with van der Waals surface area (Å²) in [6.45, 7) is 0. The molecule has 7 heteroatoms. The number of hydrogen-bond acceptors (Lipinski definition) is 4. The van der Waals surface area contributed by atoms with Crippen molar-refractivity contribution in [2.75, 3.05) is 11.5 Å². The Bertz CT molecular complexity index is 493. The Hall–Kier alpha value is -2.02. The third-order valence-electron chi connectivity index (χ3n) is 2.63. The molecule has 1 atom stereocenters. The quantitative estimate of drug-likeness (QED) is 0.588. The summed E-state index contributed by atoms with van der Waals surface area (Å²) >= 11 is 1.27. The van der Waals surface area contributed by atoms with Gasteiger partial charge in [0.2, 0.25) is 11.8 Å². The van der Waals surface area contributed by atoms with E-state index in [2.05, 4.69) is 5.32 Å². The molecule has 6 nitrogen and oxygen atoms in total. The highest BCUT2D eigenvalue weighted by atomic mass is 32.2. The van der Waals surface area contributed by atoms with Gasteiger partial charge in [-0.05, 0) is 5.56 Å². The van der Waals surface area contributed by atoms with Crippen LogP contribution in [0.15, 0.2) is 30.3 Å². The number of hydrogen-bond donors (Lipinski definition) is 3. The molecule has 0 saturated heterocycles. The SMILES string of the molecule is NC(=O)CSCCC(=O)NC(CC(=O)O)c1ccccc1. The fourth-order valence-corrected chi connectivity index (χ4v) is 2.39. The first-order chi connectivity index (χ1) is 9.99. The van der Waals surface area contributed by atoms with Crippen LogP contribution in [0, 0.1) is 0 Å². The summed E-state index contributed by atoms with van der Waals surface area (Å²) in [4.78, 5) is 33.3. The molecule has 0 aliphatic heterocycles. The number of aliphatic carboxylic acids is 1. The number of carbonyl (C=O) groups excluding carboxylic acids is 2. The number of thioether (sulfide) groups is 1. The average Bonchev–Trinajstić information content (AvgIpc) is 2.43. The van der Waals surface area contributed by atoms with Crippen LogP contribution in [0.1, 0.15) is 24.4 Å². The predicted molar refractivity (Wildman–Crippen MR) is 80.7 cm³/mol. The lowest BCUT2D eigenvalue weighted by atomic mass is 10.0. The zero-order valence-corrected chi connectivity index (χ0v) is 12.3. The summed E-state index contributed by atoms with van der Waals surface area (Å²) in [5.41, 5.74) is 5.74. The number of benzene rings is 1. The van der Waals surface area contributed by atoms with Crippen molar-refractivity contribution in [1.29, 1.82) is 0 Å². The van der Waals surface area contributed by atoms with Gasteiger partial charge in [-0.3, -0.25) is 14.4 Å². The first kappa shape index (κ1) is 17.0. The van der Waals surface area contributed by atoms with Crippen LogP contribution < -0.4 is 11.1 Å². The molecule has 0 aliphatic rings. The molecular formula is C14H18N2O4S. The van der Waals surface area contributed by atoms with Crippen LogP contribution in [0.25, 0.3) is 0 Å². The van der Waals surface area contributed by atoms with E-state index in [1.54, 1.807) is 24.3 Å². The van der Waals surface area contributed by atoms with E-state index in [-0.39, 0.29) is 24.5 Å². The lowest BCUT2D eigenvalue weighted by Crippen LogP contribution is -2.30. The van der Waals surface area contributed by atoms with Crippen molar-refractivity contribution in [3.8, 4) is 0 Å². The highest BCUT2D eigenvalue weighted by molar-refractivity contribution is 7.99. The Labute approximate surface area is 127 Å². The highest BCUT2D eigenvalue weighted by Gasteiger charge is 2.17. The van der Waals surface area contributed by atoms with E-state index in [1.165, 1.54) is 11.8 Å². The fourth-order valence-electron chi connectivity index (χ4n) is 1.72.